The summed E-state index contributed by atoms with van der Waals surface area (Å²) in [5, 5.41) is 11.5. The fourth-order valence-electron chi connectivity index (χ4n) is 1.62. The first-order valence-electron chi connectivity index (χ1n) is 5.58. The summed E-state index contributed by atoms with van der Waals surface area (Å²) in [6.07, 6.45) is 0. The van der Waals surface area contributed by atoms with Gasteiger partial charge in [0.25, 0.3) is 5.91 Å². The summed E-state index contributed by atoms with van der Waals surface area (Å²) in [7, 11) is 0. The molecule has 4 nitrogen and oxygen atoms in total. The van der Waals surface area contributed by atoms with Crippen molar-refractivity contribution in [1.29, 1.82) is 5.26 Å². The first-order chi connectivity index (χ1) is 9.52. The molecule has 6 heteroatoms. The van der Waals surface area contributed by atoms with Gasteiger partial charge in [0.2, 0.25) is 0 Å². The second kappa shape index (κ2) is 5.59. The first-order valence-corrected chi connectivity index (χ1v) is 5.95. The molecule has 0 radical (unpaired) electrons. The fourth-order valence-corrected chi connectivity index (χ4v) is 1.84. The lowest BCUT2D eigenvalue weighted by atomic mass is 10.1. The van der Waals surface area contributed by atoms with Crippen LogP contribution in [0.15, 0.2) is 36.4 Å². The number of nitriles is 1. The number of para-hydroxylation sites is 1. The molecule has 0 atom stereocenters. The molecular formula is C14H9ClFN3O. The van der Waals surface area contributed by atoms with Crippen molar-refractivity contribution in [3.05, 3.63) is 58.4 Å². The van der Waals surface area contributed by atoms with Gasteiger partial charge in [-0.15, -0.1) is 0 Å². The summed E-state index contributed by atoms with van der Waals surface area (Å²) in [4.78, 5) is 12.0. The minimum absolute atomic E-state index is 0.0329. The lowest BCUT2D eigenvalue weighted by Gasteiger charge is -2.08. The van der Waals surface area contributed by atoms with Crippen LogP contribution in [0.5, 0.6) is 0 Å². The van der Waals surface area contributed by atoms with Gasteiger partial charge >= 0.3 is 0 Å². The molecule has 0 spiro atoms. The minimum atomic E-state index is -0.657. The van der Waals surface area contributed by atoms with Gasteiger partial charge in [0.1, 0.15) is 11.9 Å². The molecule has 0 aromatic heterocycles. The Morgan fingerprint density at radius 2 is 2.10 bits per heavy atom. The number of nitrogens with zero attached hydrogens (tertiary/aromatic N) is 1. The molecule has 0 unspecified atom stereocenters. The van der Waals surface area contributed by atoms with Crippen LogP contribution in [0.3, 0.4) is 0 Å². The van der Waals surface area contributed by atoms with Crippen molar-refractivity contribution < 1.29 is 9.18 Å². The Hall–Kier alpha value is -2.58. The number of hydrogen-bond acceptors (Lipinski definition) is 3. The molecular weight excluding hydrogens is 281 g/mol. The van der Waals surface area contributed by atoms with E-state index in [0.717, 1.165) is 0 Å². The van der Waals surface area contributed by atoms with Gasteiger partial charge in [-0.2, -0.15) is 5.26 Å². The number of carbonyl (C=O) groups is 1. The SMILES string of the molecule is N#Cc1ccc(NC(=O)c2cccc(F)c2N)cc1Cl. The van der Waals surface area contributed by atoms with Crippen LogP contribution in [0.25, 0.3) is 0 Å². The Morgan fingerprint density at radius 3 is 2.75 bits per heavy atom. The summed E-state index contributed by atoms with van der Waals surface area (Å²) in [5.41, 5.74) is 6.01. The van der Waals surface area contributed by atoms with Crippen molar-refractivity contribution >= 4 is 28.9 Å². The van der Waals surface area contributed by atoms with Crippen LogP contribution >= 0.6 is 11.6 Å². The smallest absolute Gasteiger partial charge is 0.257 e. The number of amides is 1. The zero-order chi connectivity index (χ0) is 14.7. The third-order valence-corrected chi connectivity index (χ3v) is 2.96. The van der Waals surface area contributed by atoms with Crippen LogP contribution in [-0.4, -0.2) is 5.91 Å². The van der Waals surface area contributed by atoms with E-state index in [1.165, 1.54) is 36.4 Å². The quantitative estimate of drug-likeness (QED) is 0.833. The molecule has 100 valence electrons. The summed E-state index contributed by atoms with van der Waals surface area (Å²) in [5.74, 6) is -1.21. The largest absolute Gasteiger partial charge is 0.396 e. The molecule has 20 heavy (non-hydrogen) atoms. The molecule has 0 heterocycles. The highest BCUT2D eigenvalue weighted by molar-refractivity contribution is 6.32. The third kappa shape index (κ3) is 2.71. The second-order valence-corrected chi connectivity index (χ2v) is 4.37. The Labute approximate surface area is 119 Å². The van der Waals surface area contributed by atoms with Crippen LogP contribution in [0, 0.1) is 17.1 Å². The number of anilines is 2. The monoisotopic (exact) mass is 289 g/mol. The number of nitrogens with one attached hydrogen (secondary N) is 1. The highest BCUT2D eigenvalue weighted by Gasteiger charge is 2.13. The van der Waals surface area contributed by atoms with Crippen molar-refractivity contribution in [1.82, 2.24) is 0 Å². The molecule has 2 aromatic rings. The molecule has 0 fully saturated rings. The first kappa shape index (κ1) is 13.8. The van der Waals surface area contributed by atoms with Crippen LogP contribution < -0.4 is 11.1 Å². The molecule has 2 rings (SSSR count). The number of halogens is 2. The molecule has 3 N–H and O–H groups in total. The summed E-state index contributed by atoms with van der Waals surface area (Å²) >= 11 is 5.86. The zero-order valence-corrected chi connectivity index (χ0v) is 10.9. The Kier molecular flexibility index (Phi) is 3.87. The average Bonchev–Trinajstić information content (AvgIpc) is 2.42. The lowest BCUT2D eigenvalue weighted by molar-refractivity contribution is 0.102. The van der Waals surface area contributed by atoms with Crippen LogP contribution in [0.1, 0.15) is 15.9 Å². The van der Waals surface area contributed by atoms with Crippen molar-refractivity contribution in [2.45, 2.75) is 0 Å². The normalized spacial score (nSPS) is 9.85. The van der Waals surface area contributed by atoms with E-state index in [9.17, 15) is 9.18 Å². The predicted molar refractivity (Wildman–Crippen MR) is 74.9 cm³/mol. The Bertz CT molecular complexity index is 725. The molecule has 0 aliphatic carbocycles. The maximum Gasteiger partial charge on any atom is 0.257 e. The maximum atomic E-state index is 13.3. The summed E-state index contributed by atoms with van der Waals surface area (Å²) in [6.45, 7) is 0. The van der Waals surface area contributed by atoms with Crippen molar-refractivity contribution in [3.8, 4) is 6.07 Å². The van der Waals surface area contributed by atoms with Gasteiger partial charge in [0, 0.05) is 5.69 Å². The highest BCUT2D eigenvalue weighted by atomic mass is 35.5. The van der Waals surface area contributed by atoms with E-state index < -0.39 is 11.7 Å². The van der Waals surface area contributed by atoms with Crippen LogP contribution in [-0.2, 0) is 0 Å². The second-order valence-electron chi connectivity index (χ2n) is 3.96. The van der Waals surface area contributed by atoms with E-state index in [0.29, 0.717) is 11.3 Å². The number of benzene rings is 2. The standard InChI is InChI=1S/C14H9ClFN3O/c15-11-6-9(5-4-8(11)7-17)19-14(20)10-2-1-3-12(16)13(10)18/h1-6H,18H2,(H,19,20). The molecule has 0 aliphatic heterocycles. The van der Waals surface area contributed by atoms with E-state index in [1.807, 2.05) is 6.07 Å². The van der Waals surface area contributed by atoms with Gasteiger partial charge < -0.3 is 11.1 Å². The van der Waals surface area contributed by atoms with Gasteiger partial charge in [-0.3, -0.25) is 4.79 Å². The average molecular weight is 290 g/mol. The highest BCUT2D eigenvalue weighted by Crippen LogP contribution is 2.22. The molecule has 0 saturated carbocycles. The summed E-state index contributed by atoms with van der Waals surface area (Å²) in [6, 6.07) is 10.3. The van der Waals surface area contributed by atoms with Gasteiger partial charge in [-0.25, -0.2) is 4.39 Å². The van der Waals surface area contributed by atoms with Gasteiger partial charge in [0.05, 0.1) is 21.8 Å². The number of nitrogen functional groups attached to an aromatic ring is 1. The van der Waals surface area contributed by atoms with E-state index in [2.05, 4.69) is 5.32 Å². The third-order valence-electron chi connectivity index (χ3n) is 2.64. The van der Waals surface area contributed by atoms with Crippen LogP contribution in [0.2, 0.25) is 5.02 Å². The fraction of sp³-hybridized carbons (Fsp3) is 0. The van der Waals surface area contributed by atoms with Gasteiger partial charge in [0.15, 0.2) is 0 Å². The van der Waals surface area contributed by atoms with Crippen molar-refractivity contribution in [3.63, 3.8) is 0 Å². The van der Waals surface area contributed by atoms with E-state index in [4.69, 9.17) is 22.6 Å². The molecule has 0 bridgehead atoms. The van der Waals surface area contributed by atoms with Gasteiger partial charge in [-0.05, 0) is 30.3 Å². The Balaban J connectivity index is 2.26. The van der Waals surface area contributed by atoms with E-state index >= 15 is 0 Å². The molecule has 0 saturated heterocycles. The molecule has 1 amide bonds. The number of carbonyl (C=O) groups excluding carboxylic acids is 1. The number of nitrogens with two attached hydrogens (primary N) is 1. The number of rotatable bonds is 2. The maximum absolute atomic E-state index is 13.3. The molecule has 0 aliphatic rings. The minimum Gasteiger partial charge on any atom is -0.396 e. The number of hydrogen-bond donors (Lipinski definition) is 2. The van der Waals surface area contributed by atoms with E-state index in [1.54, 1.807) is 0 Å². The Morgan fingerprint density at radius 1 is 1.35 bits per heavy atom. The van der Waals surface area contributed by atoms with E-state index in [-0.39, 0.29) is 16.3 Å². The summed E-state index contributed by atoms with van der Waals surface area (Å²) < 4.78 is 13.3. The zero-order valence-electron chi connectivity index (χ0n) is 10.2. The van der Waals surface area contributed by atoms with Crippen LogP contribution in [0.4, 0.5) is 15.8 Å². The topological polar surface area (TPSA) is 78.9 Å². The van der Waals surface area contributed by atoms with Gasteiger partial charge in [-0.1, -0.05) is 17.7 Å². The van der Waals surface area contributed by atoms with Crippen molar-refractivity contribution in [2.24, 2.45) is 0 Å². The predicted octanol–water partition coefficient (Wildman–Crippen LogP) is 3.19. The van der Waals surface area contributed by atoms with Crippen molar-refractivity contribution in [2.75, 3.05) is 11.1 Å². The lowest BCUT2D eigenvalue weighted by Crippen LogP contribution is -2.14. The molecule has 2 aromatic carbocycles.